The van der Waals surface area contributed by atoms with Gasteiger partial charge in [-0.2, -0.15) is 9.82 Å². The second-order valence-corrected chi connectivity index (χ2v) is 8.55. The molecule has 1 aromatic heterocycles. The van der Waals surface area contributed by atoms with Crippen molar-refractivity contribution in [2.24, 2.45) is 0 Å². The van der Waals surface area contributed by atoms with E-state index in [-0.39, 0.29) is 11.0 Å². The molecule has 1 heterocycles. The molecule has 3 rings (SSSR count). The molecular weight excluding hydrogens is 376 g/mol. The number of sulfonamides is 1. The molecular formula is C20H24N4O3S. The van der Waals surface area contributed by atoms with E-state index in [4.69, 9.17) is 4.74 Å². The number of aryl methyl sites for hydroxylation is 2. The Bertz CT molecular complexity index is 1050. The molecule has 28 heavy (non-hydrogen) atoms. The molecule has 0 spiro atoms. The summed E-state index contributed by atoms with van der Waals surface area (Å²) in [5.41, 5.74) is 1.50. The lowest BCUT2D eigenvalue weighted by Crippen LogP contribution is -2.30. The third kappa shape index (κ3) is 4.58. The number of rotatable bonds is 7. The van der Waals surface area contributed by atoms with Gasteiger partial charge in [0.15, 0.2) is 5.82 Å². The lowest BCUT2D eigenvalue weighted by molar-refractivity contribution is 0.240. The highest BCUT2D eigenvalue weighted by atomic mass is 32.2. The Morgan fingerprint density at radius 1 is 1.07 bits per heavy atom. The fourth-order valence-electron chi connectivity index (χ4n) is 2.80. The largest absolute Gasteiger partial charge is 0.491 e. The van der Waals surface area contributed by atoms with E-state index in [9.17, 15) is 8.42 Å². The fraction of sp³-hybridized carbons (Fsp3) is 0.300. The molecule has 0 aliphatic rings. The molecule has 7 nitrogen and oxygen atoms in total. The molecule has 0 aliphatic carbocycles. The molecule has 0 saturated heterocycles. The van der Waals surface area contributed by atoms with Crippen LogP contribution < -0.4 is 9.46 Å². The first-order chi connectivity index (χ1) is 13.3. The Morgan fingerprint density at radius 2 is 1.79 bits per heavy atom. The predicted molar refractivity (Wildman–Crippen MR) is 107 cm³/mol. The van der Waals surface area contributed by atoms with Crippen LogP contribution in [0.15, 0.2) is 53.4 Å². The van der Waals surface area contributed by atoms with Gasteiger partial charge in [-0.05, 0) is 57.0 Å². The number of ether oxygens (including phenoxy) is 1. The molecule has 0 fully saturated rings. The standard InChI is InChI=1S/C20H24N4O3S/c1-13(2)27-18-11-10-17(12-14(18)3)28(25,26)24-19(16-8-6-5-7-9-16)20-21-15(4)22-23-20/h5-13,19,24H,1-4H3,(H,21,22,23). The summed E-state index contributed by atoms with van der Waals surface area (Å²) < 4.78 is 34.6. The van der Waals surface area contributed by atoms with Crippen LogP contribution >= 0.6 is 0 Å². The van der Waals surface area contributed by atoms with Gasteiger partial charge in [-0.25, -0.2) is 13.4 Å². The summed E-state index contributed by atoms with van der Waals surface area (Å²) >= 11 is 0. The quantitative estimate of drug-likeness (QED) is 0.634. The van der Waals surface area contributed by atoms with E-state index in [0.717, 1.165) is 11.1 Å². The molecule has 0 radical (unpaired) electrons. The smallest absolute Gasteiger partial charge is 0.241 e. The van der Waals surface area contributed by atoms with E-state index in [1.165, 1.54) is 0 Å². The maximum atomic E-state index is 13.1. The second-order valence-electron chi connectivity index (χ2n) is 6.84. The van der Waals surface area contributed by atoms with Gasteiger partial charge >= 0.3 is 0 Å². The zero-order chi connectivity index (χ0) is 20.3. The van der Waals surface area contributed by atoms with Crippen molar-refractivity contribution in [3.8, 4) is 5.75 Å². The molecule has 0 bridgehead atoms. The van der Waals surface area contributed by atoms with Gasteiger partial charge in [-0.1, -0.05) is 30.3 Å². The van der Waals surface area contributed by atoms with Crippen LogP contribution in [-0.4, -0.2) is 29.7 Å². The highest BCUT2D eigenvalue weighted by Crippen LogP contribution is 2.26. The van der Waals surface area contributed by atoms with Crippen molar-refractivity contribution in [2.75, 3.05) is 0 Å². The van der Waals surface area contributed by atoms with Gasteiger partial charge in [-0.3, -0.25) is 5.10 Å². The van der Waals surface area contributed by atoms with Crippen LogP contribution in [0.25, 0.3) is 0 Å². The number of hydrogen-bond donors (Lipinski definition) is 2. The molecule has 2 N–H and O–H groups in total. The normalized spacial score (nSPS) is 12.9. The van der Waals surface area contributed by atoms with Crippen LogP contribution in [0, 0.1) is 13.8 Å². The minimum absolute atomic E-state index is 0.00993. The summed E-state index contributed by atoms with van der Waals surface area (Å²) in [4.78, 5) is 4.48. The third-order valence-electron chi connectivity index (χ3n) is 4.10. The first-order valence-electron chi connectivity index (χ1n) is 9.00. The first-order valence-corrected chi connectivity index (χ1v) is 10.5. The highest BCUT2D eigenvalue weighted by molar-refractivity contribution is 7.89. The monoisotopic (exact) mass is 400 g/mol. The fourth-order valence-corrected chi connectivity index (χ4v) is 4.07. The van der Waals surface area contributed by atoms with Gasteiger partial charge in [0.05, 0.1) is 11.0 Å². The number of H-pyrrole nitrogens is 1. The van der Waals surface area contributed by atoms with Crippen LogP contribution in [0.4, 0.5) is 0 Å². The molecule has 2 aromatic carbocycles. The third-order valence-corrected chi connectivity index (χ3v) is 5.52. The van der Waals surface area contributed by atoms with Gasteiger partial charge in [-0.15, -0.1) is 0 Å². The lowest BCUT2D eigenvalue weighted by atomic mass is 10.1. The number of benzene rings is 2. The van der Waals surface area contributed by atoms with Crippen molar-refractivity contribution in [3.05, 3.63) is 71.3 Å². The maximum Gasteiger partial charge on any atom is 0.241 e. The number of nitrogens with zero attached hydrogens (tertiary/aromatic N) is 2. The molecule has 8 heteroatoms. The molecule has 1 atom stereocenters. The molecule has 0 saturated carbocycles. The second kappa shape index (κ2) is 8.12. The lowest BCUT2D eigenvalue weighted by Gasteiger charge is -2.18. The highest BCUT2D eigenvalue weighted by Gasteiger charge is 2.26. The average molecular weight is 401 g/mol. The minimum Gasteiger partial charge on any atom is -0.491 e. The zero-order valence-electron chi connectivity index (χ0n) is 16.3. The van der Waals surface area contributed by atoms with Gasteiger partial charge in [0.1, 0.15) is 17.6 Å². The summed E-state index contributed by atoms with van der Waals surface area (Å²) in [6.07, 6.45) is 0.00993. The van der Waals surface area contributed by atoms with E-state index >= 15 is 0 Å². The van der Waals surface area contributed by atoms with E-state index in [1.807, 2.05) is 51.1 Å². The number of nitrogens with one attached hydrogen (secondary N) is 2. The summed E-state index contributed by atoms with van der Waals surface area (Å²) in [6, 6.07) is 13.4. The Kier molecular flexibility index (Phi) is 5.81. The van der Waals surface area contributed by atoms with Crippen molar-refractivity contribution in [3.63, 3.8) is 0 Å². The SMILES string of the molecule is Cc1nc(C(NS(=O)(=O)c2ccc(OC(C)C)c(C)c2)c2ccccc2)n[nH]1. The summed E-state index contributed by atoms with van der Waals surface area (Å²) in [6.45, 7) is 7.44. The Morgan fingerprint density at radius 3 is 2.36 bits per heavy atom. The topological polar surface area (TPSA) is 97.0 Å². The summed E-state index contributed by atoms with van der Waals surface area (Å²) in [5, 5.41) is 6.92. The van der Waals surface area contributed by atoms with Gasteiger partial charge < -0.3 is 4.74 Å². The predicted octanol–water partition coefficient (Wildman–Crippen LogP) is 3.28. The van der Waals surface area contributed by atoms with Crippen molar-refractivity contribution >= 4 is 10.0 Å². The van der Waals surface area contributed by atoms with E-state index < -0.39 is 16.1 Å². The van der Waals surface area contributed by atoms with Crippen molar-refractivity contribution in [1.29, 1.82) is 0 Å². The van der Waals surface area contributed by atoms with Gasteiger partial charge in [0.2, 0.25) is 10.0 Å². The molecule has 0 aliphatic heterocycles. The van der Waals surface area contributed by atoms with Crippen molar-refractivity contribution in [2.45, 2.75) is 44.7 Å². The Labute approximate surface area is 165 Å². The summed E-state index contributed by atoms with van der Waals surface area (Å²) in [7, 11) is -3.81. The molecule has 1 unspecified atom stereocenters. The Hall–Kier alpha value is -2.71. The summed E-state index contributed by atoms with van der Waals surface area (Å²) in [5.74, 6) is 1.64. The van der Waals surface area contributed by atoms with E-state index in [2.05, 4.69) is 19.9 Å². The van der Waals surface area contributed by atoms with Crippen LogP contribution in [0.5, 0.6) is 5.75 Å². The number of aromatic nitrogens is 3. The van der Waals surface area contributed by atoms with Crippen LogP contribution in [0.3, 0.4) is 0 Å². The molecule has 0 amide bonds. The molecule has 3 aromatic rings. The number of aromatic amines is 1. The van der Waals surface area contributed by atoms with E-state index in [1.54, 1.807) is 25.1 Å². The van der Waals surface area contributed by atoms with Crippen LogP contribution in [0.1, 0.15) is 42.7 Å². The average Bonchev–Trinajstić information content (AvgIpc) is 3.08. The van der Waals surface area contributed by atoms with Gasteiger partial charge in [0.25, 0.3) is 0 Å². The van der Waals surface area contributed by atoms with E-state index in [0.29, 0.717) is 17.4 Å². The Balaban J connectivity index is 1.95. The molecule has 148 valence electrons. The van der Waals surface area contributed by atoms with Crippen molar-refractivity contribution < 1.29 is 13.2 Å². The maximum absolute atomic E-state index is 13.1. The number of hydrogen-bond acceptors (Lipinski definition) is 5. The van der Waals surface area contributed by atoms with Gasteiger partial charge in [0, 0.05) is 0 Å². The first kappa shape index (κ1) is 20.0. The zero-order valence-corrected chi connectivity index (χ0v) is 17.1. The minimum atomic E-state index is -3.81. The van der Waals surface area contributed by atoms with Crippen molar-refractivity contribution in [1.82, 2.24) is 19.9 Å². The van der Waals surface area contributed by atoms with Crippen LogP contribution in [-0.2, 0) is 10.0 Å². The van der Waals surface area contributed by atoms with Crippen LogP contribution in [0.2, 0.25) is 0 Å².